The molecule has 1 aromatic carbocycles. The summed E-state index contributed by atoms with van der Waals surface area (Å²) < 4.78 is 0. The Morgan fingerprint density at radius 2 is 2.00 bits per heavy atom. The number of amides is 1. The highest BCUT2D eigenvalue weighted by atomic mass is 32.2. The van der Waals surface area contributed by atoms with Crippen molar-refractivity contribution in [3.63, 3.8) is 0 Å². The molecule has 1 aromatic rings. The van der Waals surface area contributed by atoms with E-state index >= 15 is 0 Å². The topological polar surface area (TPSA) is 40.5 Å². The van der Waals surface area contributed by atoms with Gasteiger partial charge in [-0.3, -0.25) is 4.79 Å². The van der Waals surface area contributed by atoms with Gasteiger partial charge < -0.3 is 10.0 Å². The molecule has 17 heavy (non-hydrogen) atoms. The van der Waals surface area contributed by atoms with Gasteiger partial charge in [-0.25, -0.2) is 0 Å². The minimum atomic E-state index is -0.493. The van der Waals surface area contributed by atoms with E-state index in [9.17, 15) is 9.90 Å². The van der Waals surface area contributed by atoms with Crippen LogP contribution in [-0.4, -0.2) is 30.9 Å². The summed E-state index contributed by atoms with van der Waals surface area (Å²) in [5.41, 5.74) is 0.389. The molecule has 4 heteroatoms. The number of benzene rings is 1. The first kappa shape index (κ1) is 12.5. The average molecular weight is 251 g/mol. The summed E-state index contributed by atoms with van der Waals surface area (Å²) in [7, 11) is 1.77. The van der Waals surface area contributed by atoms with E-state index < -0.39 is 5.41 Å². The van der Waals surface area contributed by atoms with Gasteiger partial charge in [0.2, 0.25) is 5.91 Å². The van der Waals surface area contributed by atoms with Crippen LogP contribution in [0.1, 0.15) is 12.8 Å². The van der Waals surface area contributed by atoms with Crippen molar-refractivity contribution >= 4 is 23.4 Å². The van der Waals surface area contributed by atoms with E-state index in [2.05, 4.69) is 0 Å². The van der Waals surface area contributed by atoms with Gasteiger partial charge in [-0.2, -0.15) is 0 Å². The Bertz CT molecular complexity index is 412. The van der Waals surface area contributed by atoms with Crippen molar-refractivity contribution < 1.29 is 9.90 Å². The standard InChI is InChI=1S/C13H17NO2S/c1-14(12(16)13(9-15)7-8-13)10-3-5-11(17-2)6-4-10/h3-6,15H,7-9H2,1-2H3. The molecule has 0 bridgehead atoms. The van der Waals surface area contributed by atoms with Gasteiger partial charge in [-0.1, -0.05) is 0 Å². The minimum absolute atomic E-state index is 0.0249. The van der Waals surface area contributed by atoms with Gasteiger partial charge in [0.25, 0.3) is 0 Å². The highest BCUT2D eigenvalue weighted by molar-refractivity contribution is 7.98. The van der Waals surface area contributed by atoms with Crippen LogP contribution in [-0.2, 0) is 4.79 Å². The average Bonchev–Trinajstić information content (AvgIpc) is 3.18. The molecule has 0 radical (unpaired) electrons. The Balaban J connectivity index is 2.13. The van der Waals surface area contributed by atoms with Gasteiger partial charge in [0, 0.05) is 17.6 Å². The summed E-state index contributed by atoms with van der Waals surface area (Å²) in [5.74, 6) is 0.0249. The van der Waals surface area contributed by atoms with E-state index in [1.165, 1.54) is 4.90 Å². The Morgan fingerprint density at radius 1 is 1.41 bits per heavy atom. The molecule has 0 atom stereocenters. The Kier molecular flexibility index (Phi) is 3.45. The molecule has 2 rings (SSSR count). The van der Waals surface area contributed by atoms with Gasteiger partial charge in [0.05, 0.1) is 12.0 Å². The van der Waals surface area contributed by atoms with Gasteiger partial charge in [0.1, 0.15) is 0 Å². The molecule has 1 N–H and O–H groups in total. The summed E-state index contributed by atoms with van der Waals surface area (Å²) in [6.07, 6.45) is 3.62. The van der Waals surface area contributed by atoms with Crippen molar-refractivity contribution in [1.82, 2.24) is 0 Å². The molecule has 0 aromatic heterocycles. The zero-order valence-corrected chi connectivity index (χ0v) is 11.0. The van der Waals surface area contributed by atoms with Gasteiger partial charge >= 0.3 is 0 Å². The lowest BCUT2D eigenvalue weighted by Gasteiger charge is -2.22. The second-order valence-electron chi connectivity index (χ2n) is 4.50. The van der Waals surface area contributed by atoms with E-state index in [1.807, 2.05) is 30.5 Å². The highest BCUT2D eigenvalue weighted by Crippen LogP contribution is 2.47. The van der Waals surface area contributed by atoms with E-state index in [1.54, 1.807) is 23.7 Å². The third kappa shape index (κ3) is 2.33. The fourth-order valence-electron chi connectivity index (χ4n) is 1.87. The van der Waals surface area contributed by atoms with Crippen molar-refractivity contribution in [1.29, 1.82) is 0 Å². The van der Waals surface area contributed by atoms with Crippen LogP contribution in [0.4, 0.5) is 5.69 Å². The Morgan fingerprint density at radius 3 is 2.41 bits per heavy atom. The number of nitrogens with zero attached hydrogens (tertiary/aromatic N) is 1. The third-order valence-electron chi connectivity index (χ3n) is 3.37. The molecular formula is C13H17NO2S. The number of rotatable bonds is 4. The van der Waals surface area contributed by atoms with Crippen molar-refractivity contribution in [3.05, 3.63) is 24.3 Å². The monoisotopic (exact) mass is 251 g/mol. The molecular weight excluding hydrogens is 234 g/mol. The molecule has 1 amide bonds. The summed E-state index contributed by atoms with van der Waals surface area (Å²) in [6.45, 7) is -0.0426. The molecule has 0 unspecified atom stereocenters. The first-order valence-electron chi connectivity index (χ1n) is 5.66. The van der Waals surface area contributed by atoms with E-state index in [-0.39, 0.29) is 12.5 Å². The number of carbonyl (C=O) groups is 1. The predicted molar refractivity (Wildman–Crippen MR) is 70.4 cm³/mol. The van der Waals surface area contributed by atoms with Gasteiger partial charge in [-0.05, 0) is 43.4 Å². The van der Waals surface area contributed by atoms with Crippen LogP contribution in [0, 0.1) is 5.41 Å². The minimum Gasteiger partial charge on any atom is -0.395 e. The molecule has 3 nitrogen and oxygen atoms in total. The maximum absolute atomic E-state index is 12.2. The number of aliphatic hydroxyl groups is 1. The predicted octanol–water partition coefficient (Wildman–Crippen LogP) is 2.14. The van der Waals surface area contributed by atoms with Crippen LogP contribution >= 0.6 is 11.8 Å². The normalized spacial score (nSPS) is 16.6. The number of hydrogen-bond donors (Lipinski definition) is 1. The van der Waals surface area contributed by atoms with Crippen LogP contribution in [0.2, 0.25) is 0 Å². The van der Waals surface area contributed by atoms with Crippen LogP contribution in [0.25, 0.3) is 0 Å². The summed E-state index contributed by atoms with van der Waals surface area (Å²) in [6, 6.07) is 7.89. The number of anilines is 1. The highest BCUT2D eigenvalue weighted by Gasteiger charge is 2.50. The molecule has 1 saturated carbocycles. The number of thioether (sulfide) groups is 1. The van der Waals surface area contributed by atoms with Crippen molar-refractivity contribution in [2.45, 2.75) is 17.7 Å². The lowest BCUT2D eigenvalue weighted by Crippen LogP contribution is -2.36. The molecule has 1 aliphatic rings. The molecule has 0 aliphatic heterocycles. The van der Waals surface area contributed by atoms with E-state index in [4.69, 9.17) is 0 Å². The van der Waals surface area contributed by atoms with Crippen LogP contribution < -0.4 is 4.90 Å². The third-order valence-corrected chi connectivity index (χ3v) is 4.12. The van der Waals surface area contributed by atoms with Gasteiger partial charge in [-0.15, -0.1) is 11.8 Å². The Labute approximate surface area is 106 Å². The first-order valence-corrected chi connectivity index (χ1v) is 6.88. The fraction of sp³-hybridized carbons (Fsp3) is 0.462. The van der Waals surface area contributed by atoms with Gasteiger partial charge in [0.15, 0.2) is 0 Å². The van der Waals surface area contributed by atoms with Crippen LogP contribution in [0.3, 0.4) is 0 Å². The Hall–Kier alpha value is -1.00. The van der Waals surface area contributed by atoms with Crippen LogP contribution in [0.15, 0.2) is 29.2 Å². The van der Waals surface area contributed by atoms with Crippen molar-refractivity contribution in [2.75, 3.05) is 24.8 Å². The number of carbonyl (C=O) groups excluding carboxylic acids is 1. The quantitative estimate of drug-likeness (QED) is 0.834. The van der Waals surface area contributed by atoms with Crippen molar-refractivity contribution in [3.8, 4) is 0 Å². The summed E-state index contributed by atoms with van der Waals surface area (Å²) >= 11 is 1.68. The molecule has 0 spiro atoms. The first-order chi connectivity index (χ1) is 8.13. The maximum Gasteiger partial charge on any atom is 0.235 e. The molecule has 1 aliphatic carbocycles. The largest absolute Gasteiger partial charge is 0.395 e. The number of hydrogen-bond acceptors (Lipinski definition) is 3. The lowest BCUT2D eigenvalue weighted by atomic mass is 10.1. The second kappa shape index (κ2) is 4.70. The fourth-order valence-corrected chi connectivity index (χ4v) is 2.28. The SMILES string of the molecule is CSc1ccc(N(C)C(=O)C2(CO)CC2)cc1. The van der Waals surface area contributed by atoms with Crippen molar-refractivity contribution in [2.24, 2.45) is 5.41 Å². The van der Waals surface area contributed by atoms with Crippen LogP contribution in [0.5, 0.6) is 0 Å². The number of aliphatic hydroxyl groups excluding tert-OH is 1. The van der Waals surface area contributed by atoms with E-state index in [0.29, 0.717) is 0 Å². The zero-order chi connectivity index (χ0) is 12.5. The lowest BCUT2D eigenvalue weighted by molar-refractivity contribution is -0.124. The molecule has 92 valence electrons. The molecule has 0 heterocycles. The maximum atomic E-state index is 12.2. The second-order valence-corrected chi connectivity index (χ2v) is 5.38. The molecule has 0 saturated heterocycles. The zero-order valence-electron chi connectivity index (χ0n) is 10.1. The smallest absolute Gasteiger partial charge is 0.235 e. The summed E-state index contributed by atoms with van der Waals surface area (Å²) in [4.78, 5) is 15.0. The van der Waals surface area contributed by atoms with E-state index in [0.717, 1.165) is 18.5 Å². The summed E-state index contributed by atoms with van der Waals surface area (Å²) in [5, 5.41) is 9.25. The molecule has 1 fully saturated rings.